The molecule has 0 spiro atoms. The molecule has 1 atom stereocenters. The van der Waals surface area contributed by atoms with Crippen molar-refractivity contribution in [2.75, 3.05) is 39.4 Å². The number of carbonyl (C=O) groups is 1. The molecule has 0 saturated heterocycles. The first kappa shape index (κ1) is 21.8. The quantitative estimate of drug-likeness (QED) is 0.538. The summed E-state index contributed by atoms with van der Waals surface area (Å²) in [6, 6.07) is 10.5. The number of fused-ring (bicyclic) bond motifs is 1. The van der Waals surface area contributed by atoms with Gasteiger partial charge in [-0.25, -0.2) is 4.79 Å². The second-order valence-corrected chi connectivity index (χ2v) is 7.54. The molecule has 2 aromatic carbocycles. The molecule has 0 amide bonds. The summed E-state index contributed by atoms with van der Waals surface area (Å²) < 4.78 is 27.2. The molecule has 0 aliphatic carbocycles. The maximum absolute atomic E-state index is 12.9. The Labute approximate surface area is 191 Å². The van der Waals surface area contributed by atoms with E-state index >= 15 is 0 Å². The van der Waals surface area contributed by atoms with Gasteiger partial charge in [-0.1, -0.05) is 6.07 Å². The molecule has 0 bridgehead atoms. The fourth-order valence-electron chi connectivity index (χ4n) is 3.88. The molecule has 0 aromatic heterocycles. The van der Waals surface area contributed by atoms with E-state index < -0.39 is 12.0 Å². The Kier molecular flexibility index (Phi) is 6.09. The van der Waals surface area contributed by atoms with Crippen LogP contribution in [0.2, 0.25) is 0 Å². The summed E-state index contributed by atoms with van der Waals surface area (Å²) >= 11 is 5.70. The third kappa shape index (κ3) is 3.80. The number of nitrogens with one attached hydrogen (secondary N) is 1. The highest BCUT2D eigenvalue weighted by Crippen LogP contribution is 2.40. The van der Waals surface area contributed by atoms with Crippen LogP contribution < -0.4 is 29.2 Å². The third-order valence-electron chi connectivity index (χ3n) is 5.41. The summed E-state index contributed by atoms with van der Waals surface area (Å²) in [6.45, 7) is 2.82. The van der Waals surface area contributed by atoms with E-state index in [-0.39, 0.29) is 0 Å². The van der Waals surface area contributed by atoms with Crippen LogP contribution in [-0.4, -0.2) is 45.6 Å². The second-order valence-electron chi connectivity index (χ2n) is 7.15. The van der Waals surface area contributed by atoms with Gasteiger partial charge in [-0.05, 0) is 49.0 Å². The predicted octanol–water partition coefficient (Wildman–Crippen LogP) is 3.36. The summed E-state index contributed by atoms with van der Waals surface area (Å²) in [5.74, 6) is 1.99. The molecule has 8 nitrogen and oxygen atoms in total. The van der Waals surface area contributed by atoms with Gasteiger partial charge in [-0.2, -0.15) is 0 Å². The summed E-state index contributed by atoms with van der Waals surface area (Å²) in [4.78, 5) is 14.7. The second kappa shape index (κ2) is 8.96. The lowest BCUT2D eigenvalue weighted by Gasteiger charge is -2.37. The van der Waals surface area contributed by atoms with E-state index in [1.807, 2.05) is 37.3 Å². The lowest BCUT2D eigenvalue weighted by molar-refractivity contribution is -0.136. The molecule has 2 aliphatic rings. The maximum Gasteiger partial charge on any atom is 0.337 e. The highest BCUT2D eigenvalue weighted by atomic mass is 32.1. The number of benzene rings is 2. The Balaban J connectivity index is 1.80. The molecular formula is C23H24N2O6S. The molecule has 2 aliphatic heterocycles. The van der Waals surface area contributed by atoms with Gasteiger partial charge in [0.25, 0.3) is 0 Å². The monoisotopic (exact) mass is 456 g/mol. The van der Waals surface area contributed by atoms with Crippen LogP contribution in [0.5, 0.6) is 23.0 Å². The van der Waals surface area contributed by atoms with Gasteiger partial charge in [0.1, 0.15) is 13.2 Å². The molecule has 1 N–H and O–H groups in total. The van der Waals surface area contributed by atoms with E-state index in [1.165, 1.54) is 7.11 Å². The van der Waals surface area contributed by atoms with Crippen molar-refractivity contribution in [2.24, 2.45) is 0 Å². The van der Waals surface area contributed by atoms with Crippen molar-refractivity contribution in [3.63, 3.8) is 0 Å². The summed E-state index contributed by atoms with van der Waals surface area (Å²) in [5, 5.41) is 3.71. The van der Waals surface area contributed by atoms with Crippen molar-refractivity contribution in [3.05, 3.63) is 53.2 Å². The van der Waals surface area contributed by atoms with Crippen LogP contribution in [-0.2, 0) is 9.53 Å². The topological polar surface area (TPSA) is 78.5 Å². The number of ether oxygens (including phenoxy) is 5. The average molecular weight is 457 g/mol. The molecule has 0 unspecified atom stereocenters. The van der Waals surface area contributed by atoms with Gasteiger partial charge >= 0.3 is 5.97 Å². The minimum absolute atomic E-state index is 0.434. The zero-order chi connectivity index (χ0) is 22.8. The number of carbonyl (C=O) groups excluding carboxylic acids is 1. The third-order valence-corrected chi connectivity index (χ3v) is 5.72. The van der Waals surface area contributed by atoms with Gasteiger partial charge in [0.2, 0.25) is 0 Å². The van der Waals surface area contributed by atoms with Crippen LogP contribution in [0.3, 0.4) is 0 Å². The zero-order valence-corrected chi connectivity index (χ0v) is 19.1. The number of anilines is 1. The van der Waals surface area contributed by atoms with E-state index in [0.717, 1.165) is 11.3 Å². The molecular weight excluding hydrogens is 432 g/mol. The van der Waals surface area contributed by atoms with E-state index in [2.05, 4.69) is 5.32 Å². The fraction of sp³-hybridized carbons (Fsp3) is 0.304. The maximum atomic E-state index is 12.9. The Bertz CT molecular complexity index is 1100. The van der Waals surface area contributed by atoms with Gasteiger partial charge in [-0.3, -0.25) is 4.90 Å². The minimum atomic E-state index is -0.525. The minimum Gasteiger partial charge on any atom is -0.493 e. The summed E-state index contributed by atoms with van der Waals surface area (Å²) in [6.07, 6.45) is 0. The lowest BCUT2D eigenvalue weighted by atomic mass is 9.94. The molecule has 0 radical (unpaired) electrons. The fourth-order valence-corrected chi connectivity index (χ4v) is 4.24. The molecule has 168 valence electrons. The molecule has 0 fully saturated rings. The van der Waals surface area contributed by atoms with Crippen molar-refractivity contribution in [1.29, 1.82) is 0 Å². The number of hydrogen-bond donors (Lipinski definition) is 1. The van der Waals surface area contributed by atoms with Crippen LogP contribution >= 0.6 is 12.2 Å². The van der Waals surface area contributed by atoms with Gasteiger partial charge < -0.3 is 29.0 Å². The van der Waals surface area contributed by atoms with E-state index in [0.29, 0.717) is 52.6 Å². The van der Waals surface area contributed by atoms with Crippen molar-refractivity contribution >= 4 is 29.0 Å². The molecule has 32 heavy (non-hydrogen) atoms. The SMILES string of the molecule is COC(=O)C1=C(C)N(c2ccc3c(c2)OCCO3)C(=S)N[C@H]1c1ccc(OC)c(OC)c1. The molecule has 0 saturated carbocycles. The van der Waals surface area contributed by atoms with Gasteiger partial charge in [0, 0.05) is 11.8 Å². The highest BCUT2D eigenvalue weighted by molar-refractivity contribution is 7.80. The van der Waals surface area contributed by atoms with Gasteiger partial charge in [-0.15, -0.1) is 0 Å². The van der Waals surface area contributed by atoms with Crippen LogP contribution in [0, 0.1) is 0 Å². The average Bonchev–Trinajstić information content (AvgIpc) is 2.82. The first-order chi connectivity index (χ1) is 15.5. The normalized spacial score (nSPS) is 17.6. The molecule has 9 heteroatoms. The Morgan fingerprint density at radius 2 is 1.75 bits per heavy atom. The van der Waals surface area contributed by atoms with E-state index in [4.69, 9.17) is 35.9 Å². The number of esters is 1. The number of methoxy groups -OCH3 is 3. The largest absolute Gasteiger partial charge is 0.493 e. The summed E-state index contributed by atoms with van der Waals surface area (Å²) in [5.41, 5.74) is 2.61. The Hall–Kier alpha value is -3.46. The number of hydrogen-bond acceptors (Lipinski definition) is 7. The Morgan fingerprint density at radius 1 is 1.03 bits per heavy atom. The highest BCUT2D eigenvalue weighted by Gasteiger charge is 2.36. The first-order valence-electron chi connectivity index (χ1n) is 9.99. The standard InChI is InChI=1S/C23H24N2O6S/c1-13-20(22(26)29-4)21(14-5-7-16(27-2)18(11-14)28-3)24-23(32)25(13)15-6-8-17-19(12-15)31-10-9-30-17/h5-8,11-12,21H,9-10H2,1-4H3,(H,24,32)/t21-/m0/s1. The van der Waals surface area contributed by atoms with Crippen LogP contribution in [0.4, 0.5) is 5.69 Å². The number of nitrogens with zero attached hydrogens (tertiary/aromatic N) is 1. The molecule has 4 rings (SSSR count). The van der Waals surface area contributed by atoms with Crippen molar-refractivity contribution < 1.29 is 28.5 Å². The number of rotatable bonds is 5. The molecule has 2 heterocycles. The molecule has 2 aromatic rings. The zero-order valence-electron chi connectivity index (χ0n) is 18.3. The Morgan fingerprint density at radius 3 is 2.44 bits per heavy atom. The van der Waals surface area contributed by atoms with Crippen LogP contribution in [0.1, 0.15) is 18.5 Å². The van der Waals surface area contributed by atoms with Gasteiger partial charge in [0.15, 0.2) is 28.1 Å². The van der Waals surface area contributed by atoms with E-state index in [1.54, 1.807) is 25.2 Å². The van der Waals surface area contributed by atoms with Crippen molar-refractivity contribution in [1.82, 2.24) is 5.32 Å². The van der Waals surface area contributed by atoms with E-state index in [9.17, 15) is 4.79 Å². The number of allylic oxidation sites excluding steroid dienone is 1. The van der Waals surface area contributed by atoms with Gasteiger partial charge in [0.05, 0.1) is 38.6 Å². The van der Waals surface area contributed by atoms with Crippen LogP contribution in [0.25, 0.3) is 0 Å². The number of thiocarbonyl (C=S) groups is 1. The van der Waals surface area contributed by atoms with Crippen molar-refractivity contribution in [2.45, 2.75) is 13.0 Å². The lowest BCUT2D eigenvalue weighted by Crippen LogP contribution is -2.48. The summed E-state index contributed by atoms with van der Waals surface area (Å²) in [7, 11) is 4.49. The predicted molar refractivity (Wildman–Crippen MR) is 123 cm³/mol. The first-order valence-corrected chi connectivity index (χ1v) is 10.4. The smallest absolute Gasteiger partial charge is 0.337 e. The van der Waals surface area contributed by atoms with Crippen molar-refractivity contribution in [3.8, 4) is 23.0 Å². The van der Waals surface area contributed by atoms with Crippen LogP contribution in [0.15, 0.2) is 47.7 Å².